The van der Waals surface area contributed by atoms with Crippen LogP contribution in [0.1, 0.15) is 43.6 Å². The van der Waals surface area contributed by atoms with Crippen LogP contribution >= 0.6 is 15.9 Å². The smallest absolute Gasteiger partial charge is 0.226 e. The summed E-state index contributed by atoms with van der Waals surface area (Å²) in [5.74, 6) is 1.17. The first-order valence-corrected chi connectivity index (χ1v) is 8.67. The molecule has 1 aromatic rings. The van der Waals surface area contributed by atoms with Gasteiger partial charge in [0.15, 0.2) is 0 Å². The highest BCUT2D eigenvalue weighted by Crippen LogP contribution is 2.50. The van der Waals surface area contributed by atoms with Crippen LogP contribution in [0.4, 0.5) is 0 Å². The van der Waals surface area contributed by atoms with Gasteiger partial charge in [0, 0.05) is 22.8 Å². The molecule has 106 valence electrons. The van der Waals surface area contributed by atoms with Gasteiger partial charge in [0.25, 0.3) is 0 Å². The Balaban J connectivity index is 1.47. The molecule has 2 bridgehead atoms. The standard InChI is InChI=1S/C17H20BrNO/c18-12-8-13-6-7-14(9-12)19(13)17(20)16-10-15(16)11-4-2-1-3-5-11/h1-5,12-16H,6-10H2. The lowest BCUT2D eigenvalue weighted by Gasteiger charge is -2.37. The summed E-state index contributed by atoms with van der Waals surface area (Å²) in [5.41, 5.74) is 1.34. The van der Waals surface area contributed by atoms with Crippen molar-refractivity contribution in [3.05, 3.63) is 35.9 Å². The topological polar surface area (TPSA) is 20.3 Å². The number of rotatable bonds is 2. The van der Waals surface area contributed by atoms with Crippen molar-refractivity contribution in [1.29, 1.82) is 0 Å². The van der Waals surface area contributed by atoms with E-state index in [9.17, 15) is 4.79 Å². The predicted octanol–water partition coefficient (Wildman–Crippen LogP) is 3.71. The molecular weight excluding hydrogens is 314 g/mol. The van der Waals surface area contributed by atoms with Crippen molar-refractivity contribution in [2.75, 3.05) is 0 Å². The van der Waals surface area contributed by atoms with E-state index in [4.69, 9.17) is 0 Å². The molecule has 3 aliphatic rings. The lowest BCUT2D eigenvalue weighted by atomic mass is 10.0. The van der Waals surface area contributed by atoms with Crippen molar-refractivity contribution in [2.45, 2.75) is 54.9 Å². The SMILES string of the molecule is O=C(C1CC1c1ccccc1)N1C2CCC1CC(Br)C2. The summed E-state index contributed by atoms with van der Waals surface area (Å²) in [4.78, 5) is 15.7. The van der Waals surface area contributed by atoms with E-state index >= 15 is 0 Å². The highest BCUT2D eigenvalue weighted by molar-refractivity contribution is 9.09. The highest BCUT2D eigenvalue weighted by Gasteiger charge is 2.51. The van der Waals surface area contributed by atoms with Crippen LogP contribution in [0.3, 0.4) is 0 Å². The Morgan fingerprint density at radius 3 is 2.35 bits per heavy atom. The van der Waals surface area contributed by atoms with Crippen molar-refractivity contribution in [3.63, 3.8) is 0 Å². The van der Waals surface area contributed by atoms with E-state index in [-0.39, 0.29) is 5.92 Å². The Kier molecular flexibility index (Phi) is 3.13. The van der Waals surface area contributed by atoms with Crippen molar-refractivity contribution in [2.24, 2.45) is 5.92 Å². The fourth-order valence-electron chi connectivity index (χ4n) is 4.20. The molecule has 0 aromatic heterocycles. The van der Waals surface area contributed by atoms with Gasteiger partial charge in [-0.05, 0) is 43.6 Å². The number of fused-ring (bicyclic) bond motifs is 2. The summed E-state index contributed by atoms with van der Waals surface area (Å²) >= 11 is 3.75. The first-order valence-electron chi connectivity index (χ1n) is 7.75. The van der Waals surface area contributed by atoms with Crippen molar-refractivity contribution in [1.82, 2.24) is 4.90 Å². The molecule has 2 aliphatic heterocycles. The fraction of sp³-hybridized carbons (Fsp3) is 0.588. The largest absolute Gasteiger partial charge is 0.336 e. The second kappa shape index (κ2) is 4.87. The lowest BCUT2D eigenvalue weighted by Crippen LogP contribution is -2.47. The average molecular weight is 334 g/mol. The Labute approximate surface area is 128 Å². The zero-order valence-electron chi connectivity index (χ0n) is 11.5. The minimum absolute atomic E-state index is 0.257. The van der Waals surface area contributed by atoms with Gasteiger partial charge in [-0.25, -0.2) is 0 Å². The van der Waals surface area contributed by atoms with Gasteiger partial charge < -0.3 is 4.90 Å². The number of nitrogens with zero attached hydrogens (tertiary/aromatic N) is 1. The minimum Gasteiger partial charge on any atom is -0.336 e. The molecule has 2 heterocycles. The number of amides is 1. The third-order valence-corrected chi connectivity index (χ3v) is 6.01. The van der Waals surface area contributed by atoms with Crippen molar-refractivity contribution >= 4 is 21.8 Å². The number of alkyl halides is 1. The predicted molar refractivity (Wildman–Crippen MR) is 82.9 cm³/mol. The monoisotopic (exact) mass is 333 g/mol. The van der Waals surface area contributed by atoms with Gasteiger partial charge in [0.05, 0.1) is 0 Å². The van der Waals surface area contributed by atoms with Crippen molar-refractivity contribution < 1.29 is 4.79 Å². The maximum Gasteiger partial charge on any atom is 0.226 e. The summed E-state index contributed by atoms with van der Waals surface area (Å²) < 4.78 is 0. The molecule has 1 aliphatic carbocycles. The Morgan fingerprint density at radius 2 is 1.70 bits per heavy atom. The maximum absolute atomic E-state index is 12.8. The molecule has 0 N–H and O–H groups in total. The molecule has 3 fully saturated rings. The molecule has 3 heteroatoms. The molecule has 4 atom stereocenters. The summed E-state index contributed by atoms with van der Waals surface area (Å²) in [6, 6.07) is 11.5. The van der Waals surface area contributed by atoms with Gasteiger partial charge in [-0.15, -0.1) is 0 Å². The zero-order valence-corrected chi connectivity index (χ0v) is 13.1. The van der Waals surface area contributed by atoms with Gasteiger partial charge >= 0.3 is 0 Å². The molecule has 0 radical (unpaired) electrons. The number of hydrogen-bond acceptors (Lipinski definition) is 1. The molecule has 2 nitrogen and oxygen atoms in total. The summed E-state index contributed by atoms with van der Waals surface area (Å²) in [5, 5.41) is 0. The molecule has 1 aromatic carbocycles. The molecule has 20 heavy (non-hydrogen) atoms. The molecule has 2 saturated heterocycles. The van der Waals surface area contributed by atoms with E-state index in [0.29, 0.717) is 28.7 Å². The fourth-order valence-corrected chi connectivity index (χ4v) is 5.06. The normalized spacial score (nSPS) is 38.9. The zero-order chi connectivity index (χ0) is 13.7. The molecule has 4 rings (SSSR count). The second-order valence-electron chi connectivity index (χ2n) is 6.56. The Morgan fingerprint density at radius 1 is 1.05 bits per heavy atom. The number of carbonyl (C=O) groups excluding carboxylic acids is 1. The van der Waals surface area contributed by atoms with Crippen LogP contribution in [0.15, 0.2) is 30.3 Å². The summed E-state index contributed by atoms with van der Waals surface area (Å²) in [7, 11) is 0. The van der Waals surface area contributed by atoms with E-state index in [1.807, 2.05) is 6.07 Å². The quantitative estimate of drug-likeness (QED) is 0.755. The number of hydrogen-bond donors (Lipinski definition) is 0. The van der Waals surface area contributed by atoms with Crippen LogP contribution in [0.5, 0.6) is 0 Å². The Hall–Kier alpha value is -0.830. The van der Waals surface area contributed by atoms with E-state index in [0.717, 1.165) is 19.3 Å². The van der Waals surface area contributed by atoms with Crippen LogP contribution in [0.25, 0.3) is 0 Å². The van der Waals surface area contributed by atoms with Crippen molar-refractivity contribution in [3.8, 4) is 0 Å². The van der Waals surface area contributed by atoms with E-state index in [2.05, 4.69) is 45.1 Å². The highest BCUT2D eigenvalue weighted by atomic mass is 79.9. The number of piperidine rings is 1. The van der Waals surface area contributed by atoms with Crippen LogP contribution in [0.2, 0.25) is 0 Å². The van der Waals surface area contributed by atoms with Crippen LogP contribution in [-0.2, 0) is 4.79 Å². The first kappa shape index (κ1) is 12.9. The van der Waals surface area contributed by atoms with E-state index in [1.54, 1.807) is 0 Å². The maximum atomic E-state index is 12.8. The minimum atomic E-state index is 0.257. The van der Waals surface area contributed by atoms with Crippen LogP contribution in [-0.4, -0.2) is 27.7 Å². The van der Waals surface area contributed by atoms with Crippen LogP contribution < -0.4 is 0 Å². The first-order chi connectivity index (χ1) is 9.74. The number of halogens is 1. The average Bonchev–Trinajstić information content (AvgIpc) is 3.20. The second-order valence-corrected chi connectivity index (χ2v) is 7.85. The molecule has 4 unspecified atom stereocenters. The van der Waals surface area contributed by atoms with E-state index in [1.165, 1.54) is 18.4 Å². The molecular formula is C17H20BrNO. The summed E-state index contributed by atoms with van der Waals surface area (Å²) in [6.07, 6.45) is 5.76. The third kappa shape index (κ3) is 2.11. The summed E-state index contributed by atoms with van der Waals surface area (Å²) in [6.45, 7) is 0. The van der Waals surface area contributed by atoms with Gasteiger partial charge in [0.2, 0.25) is 5.91 Å². The van der Waals surface area contributed by atoms with Gasteiger partial charge in [-0.3, -0.25) is 4.79 Å². The van der Waals surface area contributed by atoms with Gasteiger partial charge in [-0.2, -0.15) is 0 Å². The Bertz CT molecular complexity index is 503. The number of carbonyl (C=O) groups is 1. The molecule has 1 amide bonds. The molecule has 1 saturated carbocycles. The number of benzene rings is 1. The third-order valence-electron chi connectivity index (χ3n) is 5.27. The lowest BCUT2D eigenvalue weighted by molar-refractivity contribution is -0.136. The molecule has 0 spiro atoms. The van der Waals surface area contributed by atoms with Crippen LogP contribution in [0, 0.1) is 5.92 Å². The van der Waals surface area contributed by atoms with E-state index < -0.39 is 0 Å². The van der Waals surface area contributed by atoms with Gasteiger partial charge in [-0.1, -0.05) is 46.3 Å². The van der Waals surface area contributed by atoms with Gasteiger partial charge in [0.1, 0.15) is 0 Å².